The van der Waals surface area contributed by atoms with Gasteiger partial charge in [0.25, 0.3) is 0 Å². The summed E-state index contributed by atoms with van der Waals surface area (Å²) in [5.74, 6) is 1.37. The van der Waals surface area contributed by atoms with E-state index in [1.54, 1.807) is 6.07 Å². The second-order valence-electron chi connectivity index (χ2n) is 9.27. The van der Waals surface area contributed by atoms with Crippen LogP contribution in [0.25, 0.3) is 11.1 Å². The first kappa shape index (κ1) is 27.7. The van der Waals surface area contributed by atoms with E-state index in [0.29, 0.717) is 50.0 Å². The lowest BCUT2D eigenvalue weighted by Crippen LogP contribution is -2.30. The Balaban J connectivity index is 1.47. The summed E-state index contributed by atoms with van der Waals surface area (Å²) >= 11 is 0. The van der Waals surface area contributed by atoms with Gasteiger partial charge in [0.1, 0.15) is 24.7 Å². The summed E-state index contributed by atoms with van der Waals surface area (Å²) < 4.78 is 12.4. The van der Waals surface area contributed by atoms with Gasteiger partial charge in [-0.3, -0.25) is 15.5 Å². The summed E-state index contributed by atoms with van der Waals surface area (Å²) in [7, 11) is 0. The molecule has 4 aromatic rings. The van der Waals surface area contributed by atoms with Gasteiger partial charge in [-0.25, -0.2) is 0 Å². The van der Waals surface area contributed by atoms with E-state index in [9.17, 15) is 10.0 Å². The summed E-state index contributed by atoms with van der Waals surface area (Å²) in [6.45, 7) is 6.16. The van der Waals surface area contributed by atoms with Crippen molar-refractivity contribution < 1.29 is 19.5 Å². The summed E-state index contributed by atoms with van der Waals surface area (Å²) in [5.41, 5.74) is 9.35. The molecule has 0 aliphatic heterocycles. The Bertz CT molecular complexity index is 1380. The number of rotatable bonds is 13. The lowest BCUT2D eigenvalue weighted by molar-refractivity contribution is -0.118. The van der Waals surface area contributed by atoms with E-state index >= 15 is 0 Å². The minimum absolute atomic E-state index is 0.0496. The number of hydrogen-bond donors (Lipinski definition) is 4. The molecule has 0 fully saturated rings. The number of ether oxygens (including phenoxy) is 2. The van der Waals surface area contributed by atoms with Crippen molar-refractivity contribution in [2.45, 2.75) is 33.6 Å². The molecule has 0 saturated carbocycles. The molecule has 0 aliphatic carbocycles. The van der Waals surface area contributed by atoms with Crippen LogP contribution >= 0.6 is 0 Å². The molecule has 39 heavy (non-hydrogen) atoms. The first-order valence-electron chi connectivity index (χ1n) is 13.0. The molecule has 0 spiro atoms. The maximum Gasteiger partial charge on any atom is 0.216 e. The van der Waals surface area contributed by atoms with Crippen LogP contribution in [0.3, 0.4) is 0 Å². The van der Waals surface area contributed by atoms with Crippen molar-refractivity contribution >= 4 is 11.6 Å². The quantitative estimate of drug-likeness (QED) is 0.129. The van der Waals surface area contributed by atoms with E-state index in [1.165, 1.54) is 23.6 Å². The Kier molecular flexibility index (Phi) is 9.94. The lowest BCUT2D eigenvalue weighted by atomic mass is 9.97. The summed E-state index contributed by atoms with van der Waals surface area (Å²) in [5, 5.41) is 15.3. The zero-order valence-electron chi connectivity index (χ0n) is 22.4. The Morgan fingerprint density at radius 1 is 0.821 bits per heavy atom. The number of carbonyl (C=O) groups is 1. The van der Waals surface area contributed by atoms with Gasteiger partial charge >= 0.3 is 0 Å². The van der Waals surface area contributed by atoms with Gasteiger partial charge in [0.05, 0.1) is 5.69 Å². The average Bonchev–Trinajstić information content (AvgIpc) is 2.96. The van der Waals surface area contributed by atoms with E-state index in [2.05, 4.69) is 53.4 Å². The third-order valence-corrected chi connectivity index (χ3v) is 6.41. The number of anilines is 1. The smallest absolute Gasteiger partial charge is 0.216 e. The molecule has 7 nitrogen and oxygen atoms in total. The van der Waals surface area contributed by atoms with Crippen LogP contribution < -0.4 is 25.6 Å². The molecule has 4 rings (SSSR count). The maximum absolute atomic E-state index is 11.1. The molecule has 0 heterocycles. The fraction of sp³-hybridized carbons (Fsp3) is 0.219. The van der Waals surface area contributed by atoms with Crippen LogP contribution in [0.15, 0.2) is 91.0 Å². The summed E-state index contributed by atoms with van der Waals surface area (Å²) in [6, 6.07) is 29.9. The largest absolute Gasteiger partial charge is 0.489 e. The number of nitrogens with one attached hydrogen (secondary N) is 3. The molecule has 202 valence electrons. The van der Waals surface area contributed by atoms with Crippen molar-refractivity contribution in [3.05, 3.63) is 113 Å². The molecule has 0 bridgehead atoms. The maximum atomic E-state index is 11.1. The van der Waals surface area contributed by atoms with E-state index < -0.39 is 0 Å². The predicted molar refractivity (Wildman–Crippen MR) is 154 cm³/mol. The second kappa shape index (κ2) is 14.0. The van der Waals surface area contributed by atoms with E-state index in [-0.39, 0.29) is 5.91 Å². The molecule has 4 aromatic carbocycles. The van der Waals surface area contributed by atoms with Crippen LogP contribution in [0, 0.1) is 6.92 Å². The standard InChI is InChI=1S/C32H35N3O4/c1-23-28(11-7-13-31(23)26-9-4-3-5-10-26)22-38-30-15-14-27(20-33-16-17-34-24(2)36)32(19-30)39-21-25-8-6-12-29(18-25)35-37/h3-15,18-19,33,35,37H,16-17,20-22H2,1-2H3,(H,34,36). The predicted octanol–water partition coefficient (Wildman–Crippen LogP) is 5.85. The van der Waals surface area contributed by atoms with Crippen LogP contribution in [0.1, 0.15) is 29.2 Å². The van der Waals surface area contributed by atoms with Crippen molar-refractivity contribution in [1.82, 2.24) is 10.6 Å². The highest BCUT2D eigenvalue weighted by atomic mass is 16.5. The zero-order valence-corrected chi connectivity index (χ0v) is 22.4. The third kappa shape index (κ3) is 8.07. The molecular weight excluding hydrogens is 490 g/mol. The Hall–Kier alpha value is -4.33. The fourth-order valence-corrected chi connectivity index (χ4v) is 4.28. The summed E-state index contributed by atoms with van der Waals surface area (Å²) in [4.78, 5) is 11.1. The molecule has 0 unspecified atom stereocenters. The Morgan fingerprint density at radius 3 is 2.44 bits per heavy atom. The highest BCUT2D eigenvalue weighted by molar-refractivity contribution is 5.72. The number of amides is 1. The molecule has 4 N–H and O–H groups in total. The second-order valence-corrected chi connectivity index (χ2v) is 9.27. The minimum Gasteiger partial charge on any atom is -0.489 e. The first-order chi connectivity index (χ1) is 19.0. The molecule has 0 aliphatic rings. The third-order valence-electron chi connectivity index (χ3n) is 6.41. The van der Waals surface area contributed by atoms with Gasteiger partial charge in [-0.05, 0) is 52.9 Å². The topological polar surface area (TPSA) is 91.9 Å². The van der Waals surface area contributed by atoms with Crippen LogP contribution in [0.2, 0.25) is 0 Å². The molecule has 7 heteroatoms. The Labute approximate surface area is 229 Å². The molecule has 0 aromatic heterocycles. The zero-order chi connectivity index (χ0) is 27.5. The SMILES string of the molecule is CC(=O)NCCNCc1ccc(OCc2cccc(-c3ccccc3)c2C)cc1OCc1cccc(NO)c1. The van der Waals surface area contributed by atoms with Crippen molar-refractivity contribution in [3.63, 3.8) is 0 Å². The summed E-state index contributed by atoms with van der Waals surface area (Å²) in [6.07, 6.45) is 0. The van der Waals surface area contributed by atoms with Crippen LogP contribution in [-0.4, -0.2) is 24.2 Å². The van der Waals surface area contributed by atoms with Crippen molar-refractivity contribution in [2.75, 3.05) is 18.6 Å². The molecule has 0 saturated heterocycles. The van der Waals surface area contributed by atoms with Crippen molar-refractivity contribution in [1.29, 1.82) is 0 Å². The van der Waals surface area contributed by atoms with Crippen LogP contribution in [-0.2, 0) is 24.6 Å². The van der Waals surface area contributed by atoms with E-state index in [1.807, 2.05) is 54.6 Å². The monoisotopic (exact) mass is 525 g/mol. The molecule has 0 atom stereocenters. The van der Waals surface area contributed by atoms with Crippen LogP contribution in [0.4, 0.5) is 5.69 Å². The molecule has 1 amide bonds. The van der Waals surface area contributed by atoms with E-state index in [4.69, 9.17) is 9.47 Å². The minimum atomic E-state index is -0.0496. The fourth-order valence-electron chi connectivity index (χ4n) is 4.28. The van der Waals surface area contributed by atoms with Gasteiger partial charge in [0.15, 0.2) is 0 Å². The van der Waals surface area contributed by atoms with Gasteiger partial charge in [-0.15, -0.1) is 0 Å². The molecular formula is C32H35N3O4. The highest BCUT2D eigenvalue weighted by Crippen LogP contribution is 2.29. The normalized spacial score (nSPS) is 10.6. The first-order valence-corrected chi connectivity index (χ1v) is 13.0. The van der Waals surface area contributed by atoms with Gasteiger partial charge in [0.2, 0.25) is 5.91 Å². The molecule has 0 radical (unpaired) electrons. The average molecular weight is 526 g/mol. The highest BCUT2D eigenvalue weighted by Gasteiger charge is 2.10. The van der Waals surface area contributed by atoms with Gasteiger partial charge in [0, 0.05) is 38.2 Å². The Morgan fingerprint density at radius 2 is 1.64 bits per heavy atom. The van der Waals surface area contributed by atoms with Crippen LogP contribution in [0.5, 0.6) is 11.5 Å². The van der Waals surface area contributed by atoms with E-state index in [0.717, 1.165) is 16.7 Å². The van der Waals surface area contributed by atoms with Crippen molar-refractivity contribution in [3.8, 4) is 22.6 Å². The number of hydrogen-bond acceptors (Lipinski definition) is 6. The van der Waals surface area contributed by atoms with Gasteiger partial charge in [-0.1, -0.05) is 66.7 Å². The lowest BCUT2D eigenvalue weighted by Gasteiger charge is -2.16. The van der Waals surface area contributed by atoms with Crippen molar-refractivity contribution in [2.24, 2.45) is 0 Å². The van der Waals surface area contributed by atoms with Gasteiger partial charge in [-0.2, -0.15) is 0 Å². The number of benzene rings is 4. The van der Waals surface area contributed by atoms with Gasteiger partial charge < -0.3 is 20.1 Å². The number of carbonyl (C=O) groups excluding carboxylic acids is 1.